The van der Waals surface area contributed by atoms with Gasteiger partial charge >= 0.3 is 0 Å². The topological polar surface area (TPSA) is 76.9 Å². The molecule has 1 amide bonds. The molecule has 4 aromatic rings. The molecule has 1 atom stereocenters. The number of hydrogen-bond donors (Lipinski definition) is 1. The number of rotatable bonds is 5. The average molecular weight is 392 g/mol. The summed E-state index contributed by atoms with van der Waals surface area (Å²) in [6.45, 7) is 3.97. The first kappa shape index (κ1) is 18.3. The van der Waals surface area contributed by atoms with E-state index in [1.54, 1.807) is 6.20 Å². The van der Waals surface area contributed by atoms with Crippen LogP contribution in [0.2, 0.25) is 0 Å². The van der Waals surface area contributed by atoms with Crippen molar-refractivity contribution in [2.75, 3.05) is 5.32 Å². The lowest BCUT2D eigenvalue weighted by Crippen LogP contribution is -2.33. The van der Waals surface area contributed by atoms with Gasteiger partial charge in [-0.25, -0.2) is 9.97 Å². The van der Waals surface area contributed by atoms with Crippen molar-refractivity contribution in [2.24, 2.45) is 0 Å². The second-order valence-corrected chi connectivity index (χ2v) is 7.56. The molecule has 0 bridgehead atoms. The second-order valence-electron chi connectivity index (χ2n) is 6.56. The zero-order chi connectivity index (χ0) is 19.7. The summed E-state index contributed by atoms with van der Waals surface area (Å²) in [7, 11) is 0. The van der Waals surface area contributed by atoms with Crippen LogP contribution in [0.25, 0.3) is 20.4 Å². The highest BCUT2D eigenvalue weighted by Crippen LogP contribution is 2.28. The Morgan fingerprint density at radius 3 is 2.68 bits per heavy atom. The fourth-order valence-corrected chi connectivity index (χ4v) is 4.30. The van der Waals surface area contributed by atoms with E-state index in [0.29, 0.717) is 22.3 Å². The summed E-state index contributed by atoms with van der Waals surface area (Å²) in [6.07, 6.45) is 4.59. The van der Waals surface area contributed by atoms with Gasteiger partial charge in [-0.05, 0) is 42.7 Å². The number of nitrogens with zero attached hydrogens (tertiary/aromatic N) is 3. The van der Waals surface area contributed by atoms with E-state index in [1.807, 2.05) is 43.3 Å². The number of fused-ring (bicyclic) bond motifs is 3. The van der Waals surface area contributed by atoms with E-state index < -0.39 is 6.04 Å². The van der Waals surface area contributed by atoms with Gasteiger partial charge in [0.2, 0.25) is 5.91 Å². The molecule has 0 aliphatic carbocycles. The normalized spacial score (nSPS) is 12.4. The summed E-state index contributed by atoms with van der Waals surface area (Å²) in [5, 5.41) is 3.77. The first-order chi connectivity index (χ1) is 13.6. The van der Waals surface area contributed by atoms with Crippen LogP contribution < -0.4 is 10.9 Å². The van der Waals surface area contributed by atoms with Gasteiger partial charge in [0.15, 0.2) is 0 Å². The summed E-state index contributed by atoms with van der Waals surface area (Å²) < 4.78 is 1.95. The Bertz CT molecular complexity index is 1210. The molecular formula is C21H20N4O2S. The van der Waals surface area contributed by atoms with Gasteiger partial charge in [0.25, 0.3) is 5.56 Å². The molecule has 0 spiro atoms. The van der Waals surface area contributed by atoms with Gasteiger partial charge in [0.1, 0.15) is 15.6 Å². The number of aryl methyl sites for hydroxylation is 1. The van der Waals surface area contributed by atoms with Crippen molar-refractivity contribution in [2.45, 2.75) is 32.7 Å². The number of pyridine rings is 1. The van der Waals surface area contributed by atoms with Crippen LogP contribution in [0.3, 0.4) is 0 Å². The molecule has 4 rings (SSSR count). The third kappa shape index (κ3) is 3.18. The Morgan fingerprint density at radius 2 is 1.96 bits per heavy atom. The highest BCUT2D eigenvalue weighted by atomic mass is 32.1. The van der Waals surface area contributed by atoms with E-state index in [-0.39, 0.29) is 11.5 Å². The molecule has 28 heavy (non-hydrogen) atoms. The van der Waals surface area contributed by atoms with E-state index in [4.69, 9.17) is 0 Å². The SMILES string of the molecule is CCc1ccc(NC(=O)[C@H](CC)n2cnc3c(sc4ncccc43)c2=O)cc1. The number of benzene rings is 1. The van der Waals surface area contributed by atoms with Crippen LogP contribution in [0.1, 0.15) is 31.9 Å². The van der Waals surface area contributed by atoms with E-state index in [9.17, 15) is 9.59 Å². The van der Waals surface area contributed by atoms with Crippen molar-refractivity contribution >= 4 is 43.4 Å². The number of nitrogens with one attached hydrogen (secondary N) is 1. The fraction of sp³-hybridized carbons (Fsp3) is 0.238. The molecular weight excluding hydrogens is 372 g/mol. The largest absolute Gasteiger partial charge is 0.324 e. The number of aromatic nitrogens is 3. The summed E-state index contributed by atoms with van der Waals surface area (Å²) in [6, 6.07) is 10.8. The third-order valence-corrected chi connectivity index (χ3v) is 5.93. The van der Waals surface area contributed by atoms with Gasteiger partial charge in [-0.15, -0.1) is 11.3 Å². The molecule has 142 valence electrons. The zero-order valence-corrected chi connectivity index (χ0v) is 16.5. The van der Waals surface area contributed by atoms with Crippen molar-refractivity contribution in [1.29, 1.82) is 0 Å². The Morgan fingerprint density at radius 1 is 1.18 bits per heavy atom. The standard InChI is InChI=1S/C21H20N4O2S/c1-3-13-7-9-14(10-8-13)24-19(26)16(4-2)25-12-23-17-15-6-5-11-22-20(15)28-18(17)21(25)27/h5-12,16H,3-4H2,1-2H3,(H,24,26)/t16-/m0/s1. The maximum absolute atomic E-state index is 13.1. The molecule has 0 aliphatic heterocycles. The maximum Gasteiger partial charge on any atom is 0.272 e. The van der Waals surface area contributed by atoms with Crippen molar-refractivity contribution < 1.29 is 4.79 Å². The first-order valence-electron chi connectivity index (χ1n) is 9.26. The van der Waals surface area contributed by atoms with E-state index in [2.05, 4.69) is 22.2 Å². The number of anilines is 1. The molecule has 0 radical (unpaired) electrons. The minimum atomic E-state index is -0.631. The Hall–Kier alpha value is -3.06. The highest BCUT2D eigenvalue weighted by Gasteiger charge is 2.22. The third-order valence-electron chi connectivity index (χ3n) is 4.83. The number of carbonyl (C=O) groups is 1. The van der Waals surface area contributed by atoms with Gasteiger partial charge in [-0.1, -0.05) is 26.0 Å². The number of amides is 1. The predicted octanol–water partition coefficient (Wildman–Crippen LogP) is 4.16. The summed E-state index contributed by atoms with van der Waals surface area (Å²) >= 11 is 1.31. The predicted molar refractivity (Wildman–Crippen MR) is 113 cm³/mol. The Labute approximate surface area is 165 Å². The molecule has 1 N–H and O–H groups in total. The minimum Gasteiger partial charge on any atom is -0.324 e. The van der Waals surface area contributed by atoms with Crippen LogP contribution in [-0.2, 0) is 11.2 Å². The van der Waals surface area contributed by atoms with Crippen molar-refractivity contribution in [3.05, 3.63) is 64.8 Å². The lowest BCUT2D eigenvalue weighted by molar-refractivity contribution is -0.119. The average Bonchev–Trinajstić information content (AvgIpc) is 3.10. The van der Waals surface area contributed by atoms with Crippen LogP contribution >= 0.6 is 11.3 Å². The summed E-state index contributed by atoms with van der Waals surface area (Å²) in [5.74, 6) is -0.228. The maximum atomic E-state index is 13.1. The molecule has 0 aliphatic rings. The monoisotopic (exact) mass is 392 g/mol. The molecule has 7 heteroatoms. The minimum absolute atomic E-state index is 0.212. The number of carbonyl (C=O) groups excluding carboxylic acids is 1. The lowest BCUT2D eigenvalue weighted by Gasteiger charge is -2.17. The Balaban J connectivity index is 1.69. The fourth-order valence-electron chi connectivity index (χ4n) is 3.26. The summed E-state index contributed by atoms with van der Waals surface area (Å²) in [4.78, 5) is 35.5. The van der Waals surface area contributed by atoms with E-state index >= 15 is 0 Å². The van der Waals surface area contributed by atoms with Crippen molar-refractivity contribution in [1.82, 2.24) is 14.5 Å². The van der Waals surface area contributed by atoms with Gasteiger partial charge in [-0.2, -0.15) is 0 Å². The van der Waals surface area contributed by atoms with Crippen molar-refractivity contribution in [3.8, 4) is 0 Å². The molecule has 1 aromatic carbocycles. The van der Waals surface area contributed by atoms with Gasteiger partial charge in [0, 0.05) is 17.3 Å². The lowest BCUT2D eigenvalue weighted by atomic mass is 10.1. The van der Waals surface area contributed by atoms with Crippen LogP contribution in [0.4, 0.5) is 5.69 Å². The number of hydrogen-bond acceptors (Lipinski definition) is 5. The van der Waals surface area contributed by atoms with Crippen LogP contribution in [0, 0.1) is 0 Å². The molecule has 3 heterocycles. The molecule has 6 nitrogen and oxygen atoms in total. The van der Waals surface area contributed by atoms with Gasteiger partial charge < -0.3 is 5.32 Å². The van der Waals surface area contributed by atoms with Gasteiger partial charge in [0.05, 0.1) is 11.8 Å². The highest BCUT2D eigenvalue weighted by molar-refractivity contribution is 7.25. The van der Waals surface area contributed by atoms with Crippen LogP contribution in [0.15, 0.2) is 53.7 Å². The zero-order valence-electron chi connectivity index (χ0n) is 15.7. The second kappa shape index (κ2) is 7.52. The Kier molecular flexibility index (Phi) is 4.92. The van der Waals surface area contributed by atoms with E-state index in [0.717, 1.165) is 16.6 Å². The van der Waals surface area contributed by atoms with Crippen molar-refractivity contribution in [3.63, 3.8) is 0 Å². The molecule has 0 unspecified atom stereocenters. The molecule has 0 fully saturated rings. The van der Waals surface area contributed by atoms with E-state index in [1.165, 1.54) is 27.8 Å². The summed E-state index contributed by atoms with van der Waals surface area (Å²) in [5.41, 5.74) is 2.35. The van der Waals surface area contributed by atoms with Crippen LogP contribution in [-0.4, -0.2) is 20.4 Å². The van der Waals surface area contributed by atoms with Gasteiger partial charge in [-0.3, -0.25) is 14.2 Å². The first-order valence-corrected chi connectivity index (χ1v) is 10.1. The molecule has 3 aromatic heterocycles. The molecule has 0 saturated heterocycles. The quantitative estimate of drug-likeness (QED) is 0.553. The van der Waals surface area contributed by atoms with Crippen LogP contribution in [0.5, 0.6) is 0 Å². The molecule has 0 saturated carbocycles. The number of thiophene rings is 1. The smallest absolute Gasteiger partial charge is 0.272 e.